The maximum absolute atomic E-state index is 13.4. The number of nitrogens with one attached hydrogen (secondary N) is 1. The number of benzene rings is 2. The summed E-state index contributed by atoms with van der Waals surface area (Å²) < 4.78 is 40.3. The van der Waals surface area contributed by atoms with Gasteiger partial charge in [-0.05, 0) is 30.2 Å². The van der Waals surface area contributed by atoms with E-state index in [1.807, 2.05) is 6.07 Å². The summed E-state index contributed by atoms with van der Waals surface area (Å²) in [6, 6.07) is 11.4. The summed E-state index contributed by atoms with van der Waals surface area (Å²) in [7, 11) is -3.63. The van der Waals surface area contributed by atoms with Crippen LogP contribution in [0.2, 0.25) is 0 Å². The molecule has 21 heavy (non-hydrogen) atoms. The second kappa shape index (κ2) is 6.24. The van der Waals surface area contributed by atoms with Crippen molar-refractivity contribution in [2.75, 3.05) is 4.72 Å². The molecule has 0 bridgehead atoms. The maximum Gasteiger partial charge on any atom is 0.236 e. The summed E-state index contributed by atoms with van der Waals surface area (Å²) in [5, 5.41) is 0. The molecule has 0 unspecified atom stereocenters. The Labute approximate surface area is 123 Å². The lowest BCUT2D eigenvalue weighted by Gasteiger charge is -2.12. The number of sulfonamides is 1. The van der Waals surface area contributed by atoms with Crippen molar-refractivity contribution >= 4 is 15.7 Å². The quantitative estimate of drug-likeness (QED) is 0.891. The van der Waals surface area contributed by atoms with E-state index in [0.29, 0.717) is 5.56 Å². The zero-order chi connectivity index (χ0) is 15.5. The number of halogens is 1. The van der Waals surface area contributed by atoms with Crippen molar-refractivity contribution in [3.8, 4) is 0 Å². The molecule has 0 aliphatic rings. The first-order valence-electron chi connectivity index (χ1n) is 6.45. The molecule has 0 atom stereocenters. The highest BCUT2D eigenvalue weighted by Crippen LogP contribution is 2.20. The van der Waals surface area contributed by atoms with E-state index >= 15 is 0 Å². The normalized spacial score (nSPS) is 11.4. The minimum absolute atomic E-state index is 0.198. The minimum atomic E-state index is -3.63. The van der Waals surface area contributed by atoms with E-state index < -0.39 is 15.8 Å². The van der Waals surface area contributed by atoms with Crippen molar-refractivity contribution in [3.63, 3.8) is 0 Å². The van der Waals surface area contributed by atoms with E-state index in [2.05, 4.69) is 4.72 Å². The predicted octanol–water partition coefficient (Wildman–Crippen LogP) is 2.53. The third kappa shape index (κ3) is 3.80. The molecule has 112 valence electrons. The average Bonchev–Trinajstić information content (AvgIpc) is 2.44. The van der Waals surface area contributed by atoms with Crippen LogP contribution < -0.4 is 10.5 Å². The third-order valence-corrected chi connectivity index (χ3v) is 4.44. The lowest BCUT2D eigenvalue weighted by Crippen LogP contribution is -2.17. The van der Waals surface area contributed by atoms with Gasteiger partial charge in [0.25, 0.3) is 0 Å². The van der Waals surface area contributed by atoms with Crippen LogP contribution in [0.1, 0.15) is 16.7 Å². The summed E-state index contributed by atoms with van der Waals surface area (Å²) in [4.78, 5) is 0. The van der Waals surface area contributed by atoms with Crippen LogP contribution in [0.5, 0.6) is 0 Å². The second-order valence-corrected chi connectivity index (χ2v) is 6.47. The molecular formula is C15H17FN2O2S. The Morgan fingerprint density at radius 2 is 1.76 bits per heavy atom. The van der Waals surface area contributed by atoms with Crippen molar-refractivity contribution in [1.82, 2.24) is 0 Å². The highest BCUT2D eigenvalue weighted by molar-refractivity contribution is 7.91. The minimum Gasteiger partial charge on any atom is -0.326 e. The van der Waals surface area contributed by atoms with Crippen LogP contribution in [0.25, 0.3) is 0 Å². The average molecular weight is 308 g/mol. The molecule has 0 fully saturated rings. The van der Waals surface area contributed by atoms with Gasteiger partial charge in [0.1, 0.15) is 5.82 Å². The molecule has 0 aliphatic carbocycles. The maximum atomic E-state index is 13.4. The van der Waals surface area contributed by atoms with Gasteiger partial charge in [-0.25, -0.2) is 12.8 Å². The van der Waals surface area contributed by atoms with Gasteiger partial charge in [-0.3, -0.25) is 4.72 Å². The zero-order valence-corrected chi connectivity index (χ0v) is 12.5. The Morgan fingerprint density at radius 1 is 1.10 bits per heavy atom. The lowest BCUT2D eigenvalue weighted by atomic mass is 10.1. The fraction of sp³-hybridized carbons (Fsp3) is 0.200. The molecule has 0 saturated heterocycles. The molecule has 0 radical (unpaired) electrons. The van der Waals surface area contributed by atoms with Gasteiger partial charge in [0, 0.05) is 12.1 Å². The Hall–Kier alpha value is -1.92. The first-order valence-corrected chi connectivity index (χ1v) is 8.10. The van der Waals surface area contributed by atoms with Crippen LogP contribution in [-0.2, 0) is 22.3 Å². The molecule has 6 heteroatoms. The summed E-state index contributed by atoms with van der Waals surface area (Å²) in [5.41, 5.74) is 7.54. The van der Waals surface area contributed by atoms with E-state index in [-0.39, 0.29) is 23.5 Å². The van der Waals surface area contributed by atoms with Crippen LogP contribution in [-0.4, -0.2) is 8.42 Å². The fourth-order valence-electron chi connectivity index (χ4n) is 2.02. The number of nitrogens with two attached hydrogens (primary N) is 1. The van der Waals surface area contributed by atoms with Crippen LogP contribution in [0.15, 0.2) is 42.5 Å². The summed E-state index contributed by atoms with van der Waals surface area (Å²) in [5.74, 6) is -0.645. The smallest absolute Gasteiger partial charge is 0.236 e. The van der Waals surface area contributed by atoms with E-state index in [9.17, 15) is 12.8 Å². The van der Waals surface area contributed by atoms with E-state index in [4.69, 9.17) is 5.73 Å². The number of anilines is 1. The molecule has 0 aliphatic heterocycles. The predicted molar refractivity (Wildman–Crippen MR) is 81.7 cm³/mol. The van der Waals surface area contributed by atoms with Gasteiger partial charge in [0.05, 0.1) is 11.4 Å². The Balaban J connectivity index is 2.25. The molecule has 0 aromatic heterocycles. The van der Waals surface area contributed by atoms with Gasteiger partial charge in [-0.1, -0.05) is 30.3 Å². The Morgan fingerprint density at radius 3 is 2.43 bits per heavy atom. The first-order chi connectivity index (χ1) is 9.93. The number of hydrogen-bond donors (Lipinski definition) is 2. The number of hydrogen-bond acceptors (Lipinski definition) is 3. The topological polar surface area (TPSA) is 72.2 Å². The zero-order valence-electron chi connectivity index (χ0n) is 11.6. The second-order valence-electron chi connectivity index (χ2n) is 4.75. The van der Waals surface area contributed by atoms with Crippen molar-refractivity contribution in [1.29, 1.82) is 0 Å². The van der Waals surface area contributed by atoms with Crippen LogP contribution in [0.4, 0.5) is 10.1 Å². The van der Waals surface area contributed by atoms with Crippen LogP contribution in [0.3, 0.4) is 0 Å². The van der Waals surface area contributed by atoms with Gasteiger partial charge >= 0.3 is 0 Å². The van der Waals surface area contributed by atoms with E-state index in [1.54, 1.807) is 18.2 Å². The Kier molecular flexibility index (Phi) is 4.59. The standard InChI is InChI=1S/C15H17FN2O2S/c1-11-14(16)7-4-8-15(11)18-21(19,20)10-13-6-3-2-5-12(13)9-17/h2-8,18H,9-10,17H2,1H3. The molecule has 2 rings (SSSR count). The van der Waals surface area contributed by atoms with Crippen LogP contribution in [0, 0.1) is 12.7 Å². The highest BCUT2D eigenvalue weighted by Gasteiger charge is 2.15. The molecule has 2 aromatic rings. The molecular weight excluding hydrogens is 291 g/mol. The fourth-order valence-corrected chi connectivity index (χ4v) is 3.34. The van der Waals surface area contributed by atoms with Crippen molar-refractivity contribution in [2.24, 2.45) is 5.73 Å². The van der Waals surface area contributed by atoms with Gasteiger partial charge < -0.3 is 5.73 Å². The summed E-state index contributed by atoms with van der Waals surface area (Å²) >= 11 is 0. The largest absolute Gasteiger partial charge is 0.326 e. The molecule has 3 N–H and O–H groups in total. The molecule has 0 heterocycles. The number of rotatable bonds is 5. The summed E-state index contributed by atoms with van der Waals surface area (Å²) in [6.07, 6.45) is 0. The van der Waals surface area contributed by atoms with Gasteiger partial charge in [-0.2, -0.15) is 0 Å². The molecule has 0 spiro atoms. The van der Waals surface area contributed by atoms with Crippen molar-refractivity contribution in [2.45, 2.75) is 19.2 Å². The molecule has 0 amide bonds. The Bertz CT molecular complexity index is 745. The van der Waals surface area contributed by atoms with Gasteiger partial charge in [0.15, 0.2) is 0 Å². The van der Waals surface area contributed by atoms with Crippen LogP contribution >= 0.6 is 0 Å². The van der Waals surface area contributed by atoms with Gasteiger partial charge in [0.2, 0.25) is 10.0 Å². The van der Waals surface area contributed by atoms with Gasteiger partial charge in [-0.15, -0.1) is 0 Å². The third-order valence-electron chi connectivity index (χ3n) is 3.22. The molecule has 4 nitrogen and oxygen atoms in total. The molecule has 0 saturated carbocycles. The van der Waals surface area contributed by atoms with Crippen molar-refractivity contribution in [3.05, 3.63) is 65.0 Å². The van der Waals surface area contributed by atoms with E-state index in [0.717, 1.165) is 5.56 Å². The SMILES string of the molecule is Cc1c(F)cccc1NS(=O)(=O)Cc1ccccc1CN. The van der Waals surface area contributed by atoms with Crippen molar-refractivity contribution < 1.29 is 12.8 Å². The van der Waals surface area contributed by atoms with E-state index in [1.165, 1.54) is 25.1 Å². The molecule has 2 aromatic carbocycles. The lowest BCUT2D eigenvalue weighted by molar-refractivity contribution is 0.599. The summed E-state index contributed by atoms with van der Waals surface area (Å²) in [6.45, 7) is 1.80. The first kappa shape index (κ1) is 15.5. The highest BCUT2D eigenvalue weighted by atomic mass is 32.2. The monoisotopic (exact) mass is 308 g/mol.